The van der Waals surface area contributed by atoms with E-state index in [1.165, 1.54) is 7.11 Å². The van der Waals surface area contributed by atoms with Crippen LogP contribution < -0.4 is 5.32 Å². The van der Waals surface area contributed by atoms with Crippen molar-refractivity contribution in [3.63, 3.8) is 0 Å². The van der Waals surface area contributed by atoms with Gasteiger partial charge in [-0.15, -0.1) is 0 Å². The molecule has 112 valence electrons. The van der Waals surface area contributed by atoms with Gasteiger partial charge in [-0.2, -0.15) is 0 Å². The van der Waals surface area contributed by atoms with Crippen LogP contribution >= 0.6 is 0 Å². The van der Waals surface area contributed by atoms with Crippen LogP contribution in [0.25, 0.3) is 0 Å². The molecular formula is C16H25NO3. The first-order valence-electron chi connectivity index (χ1n) is 7.09. The smallest absolute Gasteiger partial charge is 0.322 e. The van der Waals surface area contributed by atoms with Gasteiger partial charge in [0.05, 0.1) is 13.7 Å². The molecule has 1 atom stereocenters. The predicted octanol–water partition coefficient (Wildman–Crippen LogP) is 2.65. The molecule has 4 nitrogen and oxygen atoms in total. The van der Waals surface area contributed by atoms with Crippen LogP contribution in [-0.4, -0.2) is 26.2 Å². The molecule has 20 heavy (non-hydrogen) atoms. The summed E-state index contributed by atoms with van der Waals surface area (Å²) in [5.41, 5.74) is 2.29. The summed E-state index contributed by atoms with van der Waals surface area (Å²) in [5.74, 6) is -0.192. The van der Waals surface area contributed by atoms with E-state index in [0.29, 0.717) is 13.2 Å². The number of rotatable bonds is 9. The van der Waals surface area contributed by atoms with E-state index in [0.717, 1.165) is 30.4 Å². The van der Waals surface area contributed by atoms with Crippen molar-refractivity contribution in [3.05, 3.63) is 35.4 Å². The molecule has 4 heteroatoms. The third-order valence-electron chi connectivity index (χ3n) is 3.29. The Bertz CT molecular complexity index is 406. The van der Waals surface area contributed by atoms with Gasteiger partial charge in [-0.05, 0) is 17.5 Å². The number of esters is 1. The second-order valence-electron chi connectivity index (χ2n) is 4.80. The van der Waals surface area contributed by atoms with E-state index in [-0.39, 0.29) is 12.0 Å². The van der Waals surface area contributed by atoms with Gasteiger partial charge in [0, 0.05) is 13.7 Å². The first kappa shape index (κ1) is 16.7. The van der Waals surface area contributed by atoms with Crippen LogP contribution in [0, 0.1) is 0 Å². The van der Waals surface area contributed by atoms with Crippen molar-refractivity contribution in [2.45, 2.75) is 45.4 Å². The van der Waals surface area contributed by atoms with E-state index in [1.54, 1.807) is 7.11 Å². The Hall–Kier alpha value is -1.39. The number of methoxy groups -OCH3 is 2. The molecule has 0 aliphatic rings. The van der Waals surface area contributed by atoms with Crippen LogP contribution in [0.2, 0.25) is 0 Å². The Kier molecular flexibility index (Phi) is 7.92. The van der Waals surface area contributed by atoms with Gasteiger partial charge in [-0.3, -0.25) is 4.79 Å². The van der Waals surface area contributed by atoms with E-state index < -0.39 is 0 Å². The molecule has 1 rings (SSSR count). The van der Waals surface area contributed by atoms with Gasteiger partial charge >= 0.3 is 5.97 Å². The second kappa shape index (κ2) is 9.50. The molecule has 1 aromatic rings. The van der Waals surface area contributed by atoms with E-state index in [4.69, 9.17) is 9.47 Å². The number of carbonyl (C=O) groups is 1. The quantitative estimate of drug-likeness (QED) is 0.706. The van der Waals surface area contributed by atoms with Gasteiger partial charge in [0.1, 0.15) is 6.04 Å². The van der Waals surface area contributed by atoms with Gasteiger partial charge in [0.25, 0.3) is 0 Å². The summed E-state index contributed by atoms with van der Waals surface area (Å²) in [6.45, 7) is 3.33. The van der Waals surface area contributed by atoms with Crippen molar-refractivity contribution < 1.29 is 14.3 Å². The fraction of sp³-hybridized carbons (Fsp3) is 0.562. The largest absolute Gasteiger partial charge is 0.468 e. The van der Waals surface area contributed by atoms with Crippen LogP contribution in [0.3, 0.4) is 0 Å². The fourth-order valence-electron chi connectivity index (χ4n) is 2.11. The fourth-order valence-corrected chi connectivity index (χ4v) is 2.11. The Labute approximate surface area is 121 Å². The molecule has 1 N–H and O–H groups in total. The summed E-state index contributed by atoms with van der Waals surface area (Å²) >= 11 is 0. The third-order valence-corrected chi connectivity index (χ3v) is 3.29. The third kappa shape index (κ3) is 5.31. The van der Waals surface area contributed by atoms with Crippen molar-refractivity contribution in [1.29, 1.82) is 0 Å². The zero-order valence-electron chi connectivity index (χ0n) is 12.6. The Morgan fingerprint density at radius 2 is 1.95 bits per heavy atom. The Balaban J connectivity index is 2.64. The van der Waals surface area contributed by atoms with Gasteiger partial charge in [0.2, 0.25) is 0 Å². The summed E-state index contributed by atoms with van der Waals surface area (Å²) in [7, 11) is 3.12. The van der Waals surface area contributed by atoms with Crippen molar-refractivity contribution in [2.24, 2.45) is 0 Å². The molecule has 0 bridgehead atoms. The number of ether oxygens (including phenoxy) is 2. The Morgan fingerprint density at radius 3 is 2.55 bits per heavy atom. The SMILES string of the molecule is CCCCC(NCc1ccccc1COC)C(=O)OC. The molecule has 1 unspecified atom stereocenters. The van der Waals surface area contributed by atoms with E-state index in [9.17, 15) is 4.79 Å². The molecule has 0 radical (unpaired) electrons. The number of nitrogens with one attached hydrogen (secondary N) is 1. The lowest BCUT2D eigenvalue weighted by Gasteiger charge is -2.17. The molecular weight excluding hydrogens is 254 g/mol. The van der Waals surface area contributed by atoms with Gasteiger partial charge in [0.15, 0.2) is 0 Å². The van der Waals surface area contributed by atoms with Crippen molar-refractivity contribution in [2.75, 3.05) is 14.2 Å². The highest BCUT2D eigenvalue weighted by Crippen LogP contribution is 2.11. The molecule has 0 aliphatic carbocycles. The molecule has 1 aromatic carbocycles. The van der Waals surface area contributed by atoms with Crippen LogP contribution in [0.1, 0.15) is 37.3 Å². The standard InChI is InChI=1S/C16H25NO3/c1-4-5-10-15(16(18)20-3)17-11-13-8-6-7-9-14(13)12-19-2/h6-9,15,17H,4-5,10-12H2,1-3H3. The lowest BCUT2D eigenvalue weighted by molar-refractivity contribution is -0.143. The maximum Gasteiger partial charge on any atom is 0.322 e. The highest BCUT2D eigenvalue weighted by Gasteiger charge is 2.18. The molecule has 0 aliphatic heterocycles. The molecule has 0 heterocycles. The number of benzene rings is 1. The summed E-state index contributed by atoms with van der Waals surface area (Å²) in [6, 6.07) is 7.84. The van der Waals surface area contributed by atoms with Crippen molar-refractivity contribution in [1.82, 2.24) is 5.32 Å². The second-order valence-corrected chi connectivity index (χ2v) is 4.80. The molecule has 0 spiro atoms. The van der Waals surface area contributed by atoms with Crippen LogP contribution in [-0.2, 0) is 27.4 Å². The maximum atomic E-state index is 11.7. The van der Waals surface area contributed by atoms with Gasteiger partial charge < -0.3 is 14.8 Å². The molecule has 0 amide bonds. The molecule has 0 saturated heterocycles. The van der Waals surface area contributed by atoms with Crippen LogP contribution in [0.15, 0.2) is 24.3 Å². The van der Waals surface area contributed by atoms with Crippen molar-refractivity contribution >= 4 is 5.97 Å². The molecule has 0 saturated carbocycles. The molecule has 0 aromatic heterocycles. The molecule has 0 fully saturated rings. The summed E-state index contributed by atoms with van der Waals surface area (Å²) in [4.78, 5) is 11.7. The lowest BCUT2D eigenvalue weighted by atomic mass is 10.1. The van der Waals surface area contributed by atoms with Crippen LogP contribution in [0.5, 0.6) is 0 Å². The minimum atomic E-state index is -0.240. The highest BCUT2D eigenvalue weighted by molar-refractivity contribution is 5.75. The van der Waals surface area contributed by atoms with E-state index in [1.807, 2.05) is 18.2 Å². The predicted molar refractivity (Wildman–Crippen MR) is 79.3 cm³/mol. The minimum Gasteiger partial charge on any atom is -0.468 e. The average Bonchev–Trinajstić information content (AvgIpc) is 2.48. The van der Waals surface area contributed by atoms with Crippen LogP contribution in [0.4, 0.5) is 0 Å². The van der Waals surface area contributed by atoms with Crippen molar-refractivity contribution in [3.8, 4) is 0 Å². The summed E-state index contributed by atoms with van der Waals surface area (Å²) in [5, 5.41) is 3.29. The lowest BCUT2D eigenvalue weighted by Crippen LogP contribution is -2.37. The number of hydrogen-bond acceptors (Lipinski definition) is 4. The zero-order chi connectivity index (χ0) is 14.8. The van der Waals surface area contributed by atoms with E-state index in [2.05, 4.69) is 18.3 Å². The zero-order valence-corrected chi connectivity index (χ0v) is 12.6. The average molecular weight is 279 g/mol. The Morgan fingerprint density at radius 1 is 1.25 bits per heavy atom. The van der Waals surface area contributed by atoms with Gasteiger partial charge in [-0.25, -0.2) is 0 Å². The van der Waals surface area contributed by atoms with Gasteiger partial charge in [-0.1, -0.05) is 44.0 Å². The normalized spacial score (nSPS) is 12.2. The first-order valence-corrected chi connectivity index (χ1v) is 7.09. The number of hydrogen-bond donors (Lipinski definition) is 1. The highest BCUT2D eigenvalue weighted by atomic mass is 16.5. The minimum absolute atomic E-state index is 0.192. The number of unbranched alkanes of at least 4 members (excludes halogenated alkanes) is 1. The van der Waals surface area contributed by atoms with E-state index >= 15 is 0 Å². The monoisotopic (exact) mass is 279 g/mol. The summed E-state index contributed by atoms with van der Waals surface area (Å²) < 4.78 is 10.0. The first-order chi connectivity index (χ1) is 9.72. The number of carbonyl (C=O) groups excluding carboxylic acids is 1. The topological polar surface area (TPSA) is 47.6 Å². The summed E-state index contributed by atoms with van der Waals surface area (Å²) in [6.07, 6.45) is 2.87. The maximum absolute atomic E-state index is 11.7.